The molecule has 7 nitrogen and oxygen atoms in total. The molecule has 4 rings (SSSR count). The van der Waals surface area contributed by atoms with Gasteiger partial charge in [-0.3, -0.25) is 4.79 Å². The fourth-order valence-corrected chi connectivity index (χ4v) is 4.78. The standard InChI is InChI=1S/C32H33NO6/c1-5-6-9-24-18-21(2)33(20-29-27(16-17-39-29)32(36)38-4)30(34)28(24)19-22-12-14-23(15-13-22)25-10-7-8-11-26(25)31(35)37-3/h7-8,10-18H,5-6,9,19-20H2,1-4H3. The molecule has 0 amide bonds. The molecular weight excluding hydrogens is 494 g/mol. The van der Waals surface area contributed by atoms with Crippen molar-refractivity contribution in [3.63, 3.8) is 0 Å². The third-order valence-electron chi connectivity index (χ3n) is 6.93. The first-order valence-corrected chi connectivity index (χ1v) is 13.0. The minimum atomic E-state index is -0.502. The molecule has 0 spiro atoms. The van der Waals surface area contributed by atoms with Crippen LogP contribution in [-0.2, 0) is 28.9 Å². The second-order valence-electron chi connectivity index (χ2n) is 9.44. The minimum absolute atomic E-state index is 0.103. The molecule has 2 aromatic carbocycles. The Bertz CT molecular complexity index is 1530. The van der Waals surface area contributed by atoms with Crippen LogP contribution in [0, 0.1) is 6.92 Å². The number of carbonyl (C=O) groups excluding carboxylic acids is 2. The van der Waals surface area contributed by atoms with Crippen molar-refractivity contribution in [1.29, 1.82) is 0 Å². The van der Waals surface area contributed by atoms with E-state index in [1.807, 2.05) is 43.3 Å². The van der Waals surface area contributed by atoms with Crippen molar-refractivity contribution in [1.82, 2.24) is 4.57 Å². The number of hydrogen-bond donors (Lipinski definition) is 0. The number of pyridine rings is 1. The van der Waals surface area contributed by atoms with Gasteiger partial charge in [0.1, 0.15) is 11.3 Å². The summed E-state index contributed by atoms with van der Waals surface area (Å²) in [6.45, 7) is 4.16. The SMILES string of the molecule is CCCCc1cc(C)n(Cc2occc2C(=O)OC)c(=O)c1Cc1ccc(-c2ccccc2C(=O)OC)cc1. The number of furan rings is 1. The van der Waals surface area contributed by atoms with Crippen molar-refractivity contribution in [3.05, 3.63) is 117 Å². The second-order valence-corrected chi connectivity index (χ2v) is 9.44. The molecule has 0 aliphatic heterocycles. The van der Waals surface area contributed by atoms with E-state index in [-0.39, 0.29) is 18.1 Å². The first-order valence-electron chi connectivity index (χ1n) is 13.0. The number of esters is 2. The van der Waals surface area contributed by atoms with Crippen LogP contribution in [0.1, 0.15) is 68.6 Å². The van der Waals surface area contributed by atoms with E-state index >= 15 is 0 Å². The third-order valence-corrected chi connectivity index (χ3v) is 6.93. The van der Waals surface area contributed by atoms with E-state index in [1.165, 1.54) is 20.5 Å². The molecular formula is C32H33NO6. The molecule has 7 heteroatoms. The zero-order chi connectivity index (χ0) is 27.9. The highest BCUT2D eigenvalue weighted by atomic mass is 16.5. The predicted octanol–water partition coefficient (Wildman–Crippen LogP) is 5.97. The molecule has 0 radical (unpaired) electrons. The third kappa shape index (κ3) is 6.03. The highest BCUT2D eigenvalue weighted by Crippen LogP contribution is 2.26. The van der Waals surface area contributed by atoms with E-state index in [4.69, 9.17) is 13.9 Å². The average Bonchev–Trinajstić information content (AvgIpc) is 3.43. The Morgan fingerprint density at radius 3 is 2.31 bits per heavy atom. The zero-order valence-electron chi connectivity index (χ0n) is 22.8. The number of rotatable bonds is 10. The molecule has 2 aromatic heterocycles. The molecule has 0 saturated carbocycles. The molecule has 0 aliphatic carbocycles. The van der Waals surface area contributed by atoms with Gasteiger partial charge in [0.15, 0.2) is 0 Å². The topological polar surface area (TPSA) is 87.7 Å². The van der Waals surface area contributed by atoms with Gasteiger partial charge in [-0.1, -0.05) is 55.8 Å². The monoisotopic (exact) mass is 527 g/mol. The Hall–Kier alpha value is -4.39. The Labute approximate surface area is 228 Å². The summed E-state index contributed by atoms with van der Waals surface area (Å²) in [6.07, 6.45) is 4.69. The molecule has 0 atom stereocenters. The number of unbranched alkanes of at least 4 members (excludes halogenated alkanes) is 1. The maximum atomic E-state index is 13.8. The number of carbonyl (C=O) groups is 2. The van der Waals surface area contributed by atoms with Gasteiger partial charge in [-0.05, 0) is 60.2 Å². The van der Waals surface area contributed by atoms with E-state index < -0.39 is 5.97 Å². The summed E-state index contributed by atoms with van der Waals surface area (Å²) in [5.41, 5.74) is 5.92. The first-order chi connectivity index (χ1) is 18.9. The Kier molecular flexibility index (Phi) is 8.81. The highest BCUT2D eigenvalue weighted by Gasteiger charge is 2.20. The van der Waals surface area contributed by atoms with Gasteiger partial charge >= 0.3 is 11.9 Å². The molecule has 0 unspecified atom stereocenters. The smallest absolute Gasteiger partial charge is 0.341 e. The summed E-state index contributed by atoms with van der Waals surface area (Å²) >= 11 is 0. The van der Waals surface area contributed by atoms with E-state index in [0.29, 0.717) is 23.3 Å². The molecule has 4 aromatic rings. The summed E-state index contributed by atoms with van der Waals surface area (Å²) < 4.78 is 17.0. The van der Waals surface area contributed by atoms with Crippen LogP contribution in [-0.4, -0.2) is 30.7 Å². The van der Waals surface area contributed by atoms with Crippen molar-refractivity contribution < 1.29 is 23.5 Å². The zero-order valence-corrected chi connectivity index (χ0v) is 22.8. The lowest BCUT2D eigenvalue weighted by Gasteiger charge is -2.16. The van der Waals surface area contributed by atoms with Crippen molar-refractivity contribution >= 4 is 11.9 Å². The number of methoxy groups -OCH3 is 2. The van der Waals surface area contributed by atoms with Gasteiger partial charge in [0.25, 0.3) is 5.56 Å². The lowest BCUT2D eigenvalue weighted by atomic mass is 9.94. The number of aromatic nitrogens is 1. The predicted molar refractivity (Wildman–Crippen MR) is 149 cm³/mol. The number of benzene rings is 2. The van der Waals surface area contributed by atoms with Gasteiger partial charge in [-0.15, -0.1) is 0 Å². The van der Waals surface area contributed by atoms with Crippen LogP contribution >= 0.6 is 0 Å². The van der Waals surface area contributed by atoms with Crippen molar-refractivity contribution in [2.75, 3.05) is 14.2 Å². The molecule has 2 heterocycles. The second kappa shape index (κ2) is 12.4. The molecule has 0 aliphatic rings. The van der Waals surface area contributed by atoms with E-state index in [9.17, 15) is 14.4 Å². The average molecular weight is 528 g/mol. The number of aryl methyl sites for hydroxylation is 2. The van der Waals surface area contributed by atoms with Gasteiger partial charge in [-0.25, -0.2) is 9.59 Å². The Morgan fingerprint density at radius 2 is 1.62 bits per heavy atom. The van der Waals surface area contributed by atoms with Gasteiger partial charge in [0, 0.05) is 17.7 Å². The van der Waals surface area contributed by atoms with Crippen LogP contribution in [0.2, 0.25) is 0 Å². The van der Waals surface area contributed by atoms with E-state index in [0.717, 1.165) is 52.8 Å². The van der Waals surface area contributed by atoms with E-state index in [2.05, 4.69) is 13.0 Å². The molecule has 0 bridgehead atoms. The first kappa shape index (κ1) is 27.6. The van der Waals surface area contributed by atoms with Gasteiger partial charge in [0.2, 0.25) is 0 Å². The van der Waals surface area contributed by atoms with Crippen LogP contribution in [0.25, 0.3) is 11.1 Å². The van der Waals surface area contributed by atoms with Crippen molar-refractivity contribution in [2.24, 2.45) is 0 Å². The van der Waals surface area contributed by atoms with Crippen LogP contribution < -0.4 is 5.56 Å². The fourth-order valence-electron chi connectivity index (χ4n) is 4.78. The summed E-state index contributed by atoms with van der Waals surface area (Å²) in [4.78, 5) is 38.2. The number of ether oxygens (including phenoxy) is 2. The maximum absolute atomic E-state index is 13.8. The molecule has 0 fully saturated rings. The quantitative estimate of drug-likeness (QED) is 0.236. The summed E-state index contributed by atoms with van der Waals surface area (Å²) in [6, 6.07) is 18.8. The summed E-state index contributed by atoms with van der Waals surface area (Å²) in [5.74, 6) is -0.506. The van der Waals surface area contributed by atoms with Gasteiger partial charge in [0.05, 0.1) is 32.6 Å². The molecule has 202 valence electrons. The van der Waals surface area contributed by atoms with Crippen molar-refractivity contribution in [3.8, 4) is 11.1 Å². The Balaban J connectivity index is 1.69. The maximum Gasteiger partial charge on any atom is 0.341 e. The fraction of sp³-hybridized carbons (Fsp3) is 0.281. The minimum Gasteiger partial charge on any atom is -0.467 e. The van der Waals surface area contributed by atoms with Gasteiger partial charge < -0.3 is 18.5 Å². The van der Waals surface area contributed by atoms with E-state index in [1.54, 1.807) is 22.8 Å². The van der Waals surface area contributed by atoms with Crippen molar-refractivity contribution in [2.45, 2.75) is 46.1 Å². The number of nitrogens with zero attached hydrogens (tertiary/aromatic N) is 1. The van der Waals surface area contributed by atoms with Crippen LogP contribution in [0.4, 0.5) is 0 Å². The largest absolute Gasteiger partial charge is 0.467 e. The Morgan fingerprint density at radius 1 is 0.923 bits per heavy atom. The highest BCUT2D eigenvalue weighted by molar-refractivity contribution is 5.97. The van der Waals surface area contributed by atoms with Crippen LogP contribution in [0.15, 0.2) is 76.1 Å². The lowest BCUT2D eigenvalue weighted by Crippen LogP contribution is -2.28. The van der Waals surface area contributed by atoms with Gasteiger partial charge in [-0.2, -0.15) is 0 Å². The van der Waals surface area contributed by atoms with Crippen LogP contribution in [0.5, 0.6) is 0 Å². The number of hydrogen-bond acceptors (Lipinski definition) is 6. The summed E-state index contributed by atoms with van der Waals surface area (Å²) in [5, 5.41) is 0. The summed E-state index contributed by atoms with van der Waals surface area (Å²) in [7, 11) is 2.69. The normalized spacial score (nSPS) is 10.9. The molecule has 0 N–H and O–H groups in total. The van der Waals surface area contributed by atoms with Crippen LogP contribution in [0.3, 0.4) is 0 Å². The molecule has 0 saturated heterocycles. The lowest BCUT2D eigenvalue weighted by molar-refractivity contribution is 0.0590. The molecule has 39 heavy (non-hydrogen) atoms.